The number of hydrogen-bond acceptors (Lipinski definition) is 5. The highest BCUT2D eigenvalue weighted by molar-refractivity contribution is 5.56. The third kappa shape index (κ3) is 2.78. The van der Waals surface area contributed by atoms with Crippen LogP contribution in [0.1, 0.15) is 5.76 Å². The Kier molecular flexibility index (Phi) is 3.48. The van der Waals surface area contributed by atoms with Crippen LogP contribution in [0.4, 0.5) is 0 Å². The zero-order chi connectivity index (χ0) is 15.5. The van der Waals surface area contributed by atoms with Gasteiger partial charge in [0.25, 0.3) is 5.89 Å². The summed E-state index contributed by atoms with van der Waals surface area (Å²) in [6, 6.07) is 13.6. The summed E-state index contributed by atoms with van der Waals surface area (Å²) in [5.74, 6) is 2.56. The number of aromatic nitrogens is 4. The van der Waals surface area contributed by atoms with Gasteiger partial charge in [-0.15, -0.1) is 0 Å². The summed E-state index contributed by atoms with van der Waals surface area (Å²) in [7, 11) is 0. The molecule has 0 saturated heterocycles. The molecule has 0 spiro atoms. The average Bonchev–Trinajstić information content (AvgIpc) is 3.33. The van der Waals surface area contributed by atoms with Crippen molar-refractivity contribution < 1.29 is 8.94 Å². The topological polar surface area (TPSA) is 69.9 Å². The van der Waals surface area contributed by atoms with Gasteiger partial charge in [0.2, 0.25) is 5.82 Å². The number of nitrogens with zero attached hydrogens (tertiary/aromatic N) is 4. The van der Waals surface area contributed by atoms with E-state index in [1.165, 1.54) is 0 Å². The fourth-order valence-corrected chi connectivity index (χ4v) is 2.39. The maximum atomic E-state index is 5.37. The molecule has 0 N–H and O–H groups in total. The van der Waals surface area contributed by atoms with Gasteiger partial charge >= 0.3 is 0 Å². The van der Waals surface area contributed by atoms with E-state index in [1.807, 2.05) is 53.2 Å². The first-order valence-electron chi connectivity index (χ1n) is 7.33. The van der Waals surface area contributed by atoms with E-state index in [1.54, 1.807) is 12.5 Å². The van der Waals surface area contributed by atoms with Crippen molar-refractivity contribution in [3.63, 3.8) is 0 Å². The minimum Gasteiger partial charge on any atom is -0.469 e. The Morgan fingerprint density at radius 2 is 1.96 bits per heavy atom. The largest absolute Gasteiger partial charge is 0.469 e. The number of rotatable bonds is 5. The van der Waals surface area contributed by atoms with Crippen molar-refractivity contribution in [2.24, 2.45) is 0 Å². The molecule has 0 amide bonds. The minimum atomic E-state index is 0.410. The Balaban J connectivity index is 1.57. The molecule has 0 saturated carbocycles. The Labute approximate surface area is 132 Å². The minimum absolute atomic E-state index is 0.410. The molecule has 0 bridgehead atoms. The van der Waals surface area contributed by atoms with Gasteiger partial charge in [0.05, 0.1) is 6.26 Å². The predicted octanol–water partition coefficient (Wildman–Crippen LogP) is 3.44. The maximum absolute atomic E-state index is 5.37. The molecule has 1 aromatic carbocycles. The van der Waals surface area contributed by atoms with Gasteiger partial charge in [0.15, 0.2) is 5.82 Å². The third-order valence-electron chi connectivity index (χ3n) is 3.54. The van der Waals surface area contributed by atoms with E-state index < -0.39 is 0 Å². The second kappa shape index (κ2) is 5.92. The molecule has 4 rings (SSSR count). The summed E-state index contributed by atoms with van der Waals surface area (Å²) < 4.78 is 12.7. The lowest BCUT2D eigenvalue weighted by molar-refractivity contribution is 0.425. The molecule has 23 heavy (non-hydrogen) atoms. The van der Waals surface area contributed by atoms with Gasteiger partial charge in [-0.25, -0.2) is 4.98 Å². The summed E-state index contributed by atoms with van der Waals surface area (Å²) >= 11 is 0. The number of aryl methyl sites for hydroxylation is 2. The fourth-order valence-electron chi connectivity index (χ4n) is 2.39. The Morgan fingerprint density at radius 1 is 1.04 bits per heavy atom. The van der Waals surface area contributed by atoms with E-state index >= 15 is 0 Å². The van der Waals surface area contributed by atoms with Crippen LogP contribution in [0.2, 0.25) is 0 Å². The van der Waals surface area contributed by atoms with Gasteiger partial charge in [0, 0.05) is 30.9 Å². The van der Waals surface area contributed by atoms with E-state index in [4.69, 9.17) is 8.94 Å². The monoisotopic (exact) mass is 306 g/mol. The van der Waals surface area contributed by atoms with Crippen molar-refractivity contribution >= 4 is 0 Å². The highest BCUT2D eigenvalue weighted by atomic mass is 16.5. The van der Waals surface area contributed by atoms with Gasteiger partial charge in [-0.3, -0.25) is 0 Å². The van der Waals surface area contributed by atoms with Crippen molar-refractivity contribution in [2.45, 2.75) is 13.0 Å². The van der Waals surface area contributed by atoms with Crippen LogP contribution in [-0.4, -0.2) is 19.7 Å². The second-order valence-corrected chi connectivity index (χ2v) is 5.06. The van der Waals surface area contributed by atoms with Crippen molar-refractivity contribution in [2.75, 3.05) is 0 Å². The maximum Gasteiger partial charge on any atom is 0.294 e. The molecule has 0 unspecified atom stereocenters. The molecule has 0 aliphatic heterocycles. The SMILES string of the molecule is c1ccc(-c2noc(-c3nccn3CCc3ccco3)n2)cc1. The van der Waals surface area contributed by atoms with Crippen LogP contribution in [0.15, 0.2) is 70.1 Å². The van der Waals surface area contributed by atoms with Crippen LogP contribution in [0.3, 0.4) is 0 Å². The van der Waals surface area contributed by atoms with Crippen LogP contribution in [0.25, 0.3) is 23.1 Å². The number of hydrogen-bond donors (Lipinski definition) is 0. The number of imidazole rings is 1. The van der Waals surface area contributed by atoms with Crippen molar-refractivity contribution in [3.05, 3.63) is 66.9 Å². The van der Waals surface area contributed by atoms with Gasteiger partial charge in [-0.1, -0.05) is 35.5 Å². The van der Waals surface area contributed by atoms with E-state index in [0.717, 1.165) is 24.3 Å². The highest BCUT2D eigenvalue weighted by Gasteiger charge is 2.15. The lowest BCUT2D eigenvalue weighted by Crippen LogP contribution is -2.02. The number of benzene rings is 1. The Hall–Kier alpha value is -3.15. The van der Waals surface area contributed by atoms with Crippen molar-refractivity contribution in [1.29, 1.82) is 0 Å². The lowest BCUT2D eigenvalue weighted by atomic mass is 10.2. The summed E-state index contributed by atoms with van der Waals surface area (Å²) in [6.45, 7) is 0.728. The van der Waals surface area contributed by atoms with E-state index in [0.29, 0.717) is 17.5 Å². The normalized spacial score (nSPS) is 11.0. The van der Waals surface area contributed by atoms with Crippen LogP contribution < -0.4 is 0 Å². The van der Waals surface area contributed by atoms with E-state index in [9.17, 15) is 0 Å². The second-order valence-electron chi connectivity index (χ2n) is 5.06. The summed E-state index contributed by atoms with van der Waals surface area (Å²) in [4.78, 5) is 8.77. The standard InChI is InChI=1S/C17H14N4O2/c1-2-5-13(6-3-1)15-19-17(23-20-15)16-18-9-11-21(16)10-8-14-7-4-12-22-14/h1-7,9,11-12H,8,10H2. The molecule has 0 atom stereocenters. The smallest absolute Gasteiger partial charge is 0.294 e. The molecule has 4 aromatic rings. The van der Waals surface area contributed by atoms with E-state index in [-0.39, 0.29) is 0 Å². The quantitative estimate of drug-likeness (QED) is 0.565. The van der Waals surface area contributed by atoms with Gasteiger partial charge in [-0.2, -0.15) is 4.98 Å². The molecule has 3 aromatic heterocycles. The molecule has 6 heteroatoms. The van der Waals surface area contributed by atoms with Crippen LogP contribution in [0.5, 0.6) is 0 Å². The van der Waals surface area contributed by atoms with Crippen LogP contribution in [0, 0.1) is 0 Å². The molecule has 0 aliphatic carbocycles. The molecule has 3 heterocycles. The van der Waals surface area contributed by atoms with E-state index in [2.05, 4.69) is 15.1 Å². The van der Waals surface area contributed by atoms with Gasteiger partial charge in [-0.05, 0) is 12.1 Å². The Morgan fingerprint density at radius 3 is 2.78 bits per heavy atom. The molecule has 0 radical (unpaired) electrons. The van der Waals surface area contributed by atoms with Gasteiger partial charge < -0.3 is 13.5 Å². The van der Waals surface area contributed by atoms with Crippen molar-refractivity contribution in [3.8, 4) is 23.1 Å². The Bertz CT molecular complexity index is 878. The first-order chi connectivity index (χ1) is 11.4. The van der Waals surface area contributed by atoms with Crippen LogP contribution in [-0.2, 0) is 13.0 Å². The molecule has 0 aliphatic rings. The molecular weight excluding hydrogens is 292 g/mol. The zero-order valence-corrected chi connectivity index (χ0v) is 12.3. The lowest BCUT2D eigenvalue weighted by Gasteiger charge is -2.03. The van der Waals surface area contributed by atoms with Crippen molar-refractivity contribution in [1.82, 2.24) is 19.7 Å². The first-order valence-corrected chi connectivity index (χ1v) is 7.33. The first kappa shape index (κ1) is 13.5. The van der Waals surface area contributed by atoms with Gasteiger partial charge in [0.1, 0.15) is 5.76 Å². The van der Waals surface area contributed by atoms with Crippen LogP contribution >= 0.6 is 0 Å². The summed E-state index contributed by atoms with van der Waals surface area (Å²) in [5, 5.41) is 4.04. The predicted molar refractivity (Wildman–Crippen MR) is 83.4 cm³/mol. The zero-order valence-electron chi connectivity index (χ0n) is 12.3. The third-order valence-corrected chi connectivity index (χ3v) is 3.54. The highest BCUT2D eigenvalue weighted by Crippen LogP contribution is 2.21. The summed E-state index contributed by atoms with van der Waals surface area (Å²) in [5.41, 5.74) is 0.913. The molecular formula is C17H14N4O2. The average molecular weight is 306 g/mol. The molecule has 0 fully saturated rings. The fraction of sp³-hybridized carbons (Fsp3) is 0.118. The molecule has 6 nitrogen and oxygen atoms in total. The molecule has 114 valence electrons. The number of furan rings is 1. The summed E-state index contributed by atoms with van der Waals surface area (Å²) in [6.07, 6.45) is 6.07.